The van der Waals surface area contributed by atoms with Crippen LogP contribution in [0.2, 0.25) is 5.02 Å². The topological polar surface area (TPSA) is 49.4 Å². The van der Waals surface area contributed by atoms with Gasteiger partial charge in [-0.15, -0.1) is 0 Å². The average Bonchev–Trinajstić information content (AvgIpc) is 2.37. The Kier molecular flexibility index (Phi) is 3.88. The maximum Gasteiger partial charge on any atom is 0.417 e. The number of halogens is 4. The number of alkyl halides is 3. The Morgan fingerprint density at radius 1 is 1.24 bits per heavy atom. The van der Waals surface area contributed by atoms with Crippen molar-refractivity contribution in [1.82, 2.24) is 5.32 Å². The van der Waals surface area contributed by atoms with Crippen molar-refractivity contribution in [3.8, 4) is 0 Å². The number of amides is 2. The van der Waals surface area contributed by atoms with E-state index in [-0.39, 0.29) is 5.69 Å². The van der Waals surface area contributed by atoms with Gasteiger partial charge in [-0.25, -0.2) is 0 Å². The molecule has 0 aliphatic carbocycles. The van der Waals surface area contributed by atoms with Crippen LogP contribution in [0, 0.1) is 0 Å². The first-order chi connectivity index (χ1) is 9.62. The number of nitrogens with zero attached hydrogens (tertiary/aromatic N) is 1. The fourth-order valence-electron chi connectivity index (χ4n) is 2.14. The normalized spacial score (nSPS) is 23.2. The number of benzene rings is 1. The van der Waals surface area contributed by atoms with Gasteiger partial charge in [-0.05, 0) is 32.0 Å². The van der Waals surface area contributed by atoms with Crippen LogP contribution < -0.4 is 10.2 Å². The van der Waals surface area contributed by atoms with Crippen molar-refractivity contribution in [1.29, 1.82) is 0 Å². The van der Waals surface area contributed by atoms with Crippen molar-refractivity contribution in [2.75, 3.05) is 4.90 Å². The molecule has 21 heavy (non-hydrogen) atoms. The first kappa shape index (κ1) is 15.6. The van der Waals surface area contributed by atoms with Crippen LogP contribution >= 0.6 is 11.6 Å². The van der Waals surface area contributed by atoms with Crippen molar-refractivity contribution in [3.63, 3.8) is 0 Å². The van der Waals surface area contributed by atoms with E-state index in [1.165, 1.54) is 19.9 Å². The number of piperazine rings is 1. The highest BCUT2D eigenvalue weighted by molar-refractivity contribution is 6.31. The monoisotopic (exact) mass is 320 g/mol. The van der Waals surface area contributed by atoms with E-state index in [9.17, 15) is 22.8 Å². The molecule has 0 radical (unpaired) electrons. The minimum Gasteiger partial charge on any atom is -0.343 e. The van der Waals surface area contributed by atoms with Gasteiger partial charge in [-0.1, -0.05) is 11.6 Å². The van der Waals surface area contributed by atoms with E-state index < -0.39 is 40.7 Å². The molecule has 1 aliphatic rings. The second-order valence-electron chi connectivity index (χ2n) is 4.78. The molecule has 1 fully saturated rings. The predicted molar refractivity (Wildman–Crippen MR) is 71.0 cm³/mol. The highest BCUT2D eigenvalue weighted by Crippen LogP contribution is 2.37. The lowest BCUT2D eigenvalue weighted by Crippen LogP contribution is -2.61. The van der Waals surface area contributed by atoms with Crippen LogP contribution in [0.15, 0.2) is 18.2 Å². The zero-order chi connectivity index (χ0) is 15.9. The molecule has 1 heterocycles. The average molecular weight is 321 g/mol. The Morgan fingerprint density at radius 3 is 2.43 bits per heavy atom. The van der Waals surface area contributed by atoms with Crippen LogP contribution in [0.4, 0.5) is 18.9 Å². The van der Waals surface area contributed by atoms with Crippen molar-refractivity contribution < 1.29 is 22.8 Å². The Balaban J connectivity index is 2.50. The minimum absolute atomic E-state index is 0.00840. The first-order valence-electron chi connectivity index (χ1n) is 6.13. The molecular formula is C13H12ClF3N2O2. The molecule has 1 saturated heterocycles. The summed E-state index contributed by atoms with van der Waals surface area (Å²) >= 11 is 5.55. The second-order valence-corrected chi connectivity index (χ2v) is 5.18. The summed E-state index contributed by atoms with van der Waals surface area (Å²) in [5, 5.41) is 2.00. The van der Waals surface area contributed by atoms with Crippen LogP contribution in [0.5, 0.6) is 0 Å². The maximum absolute atomic E-state index is 12.9. The van der Waals surface area contributed by atoms with Crippen LogP contribution in [0.25, 0.3) is 0 Å². The smallest absolute Gasteiger partial charge is 0.343 e. The molecule has 0 saturated carbocycles. The lowest BCUT2D eigenvalue weighted by molar-refractivity contribution is -0.137. The summed E-state index contributed by atoms with van der Waals surface area (Å²) in [5.74, 6) is -0.900. The summed E-state index contributed by atoms with van der Waals surface area (Å²) in [4.78, 5) is 24.9. The standard InChI is InChI=1S/C13H12ClF3N2O2/c1-6-12(21)19(7(2)11(20)18-6)8-3-4-10(14)9(5-8)13(15,16)17/h3-7H,1-2H3,(H,18,20). The van der Waals surface area contributed by atoms with Crippen LogP contribution in [-0.4, -0.2) is 23.9 Å². The number of anilines is 1. The molecule has 1 aliphatic heterocycles. The predicted octanol–water partition coefficient (Wildman–Crippen LogP) is 2.60. The number of hydrogen-bond acceptors (Lipinski definition) is 2. The van der Waals surface area contributed by atoms with Crippen molar-refractivity contribution in [2.45, 2.75) is 32.1 Å². The third kappa shape index (κ3) is 2.83. The number of hydrogen-bond donors (Lipinski definition) is 1. The van der Waals surface area contributed by atoms with E-state index in [1.54, 1.807) is 0 Å². The third-order valence-corrected chi connectivity index (χ3v) is 3.60. The molecule has 0 spiro atoms. The summed E-state index contributed by atoms with van der Waals surface area (Å²) < 4.78 is 38.6. The summed E-state index contributed by atoms with van der Waals surface area (Å²) in [7, 11) is 0. The van der Waals surface area contributed by atoms with Gasteiger partial charge in [0.05, 0.1) is 10.6 Å². The summed E-state index contributed by atoms with van der Waals surface area (Å²) in [6, 6.07) is 1.45. The first-order valence-corrected chi connectivity index (χ1v) is 6.51. The van der Waals surface area contributed by atoms with Gasteiger partial charge >= 0.3 is 6.18 Å². The molecule has 2 atom stereocenters. The molecule has 0 bridgehead atoms. The second kappa shape index (κ2) is 5.22. The molecule has 4 nitrogen and oxygen atoms in total. The van der Waals surface area contributed by atoms with E-state index in [4.69, 9.17) is 11.6 Å². The summed E-state index contributed by atoms with van der Waals surface area (Å²) in [6.45, 7) is 2.92. The lowest BCUT2D eigenvalue weighted by Gasteiger charge is -2.36. The molecule has 1 N–H and O–H groups in total. The van der Waals surface area contributed by atoms with Crippen LogP contribution in [0.3, 0.4) is 0 Å². The quantitative estimate of drug-likeness (QED) is 0.864. The minimum atomic E-state index is -4.64. The van der Waals surface area contributed by atoms with Crippen LogP contribution in [0.1, 0.15) is 19.4 Å². The van der Waals surface area contributed by atoms with Crippen molar-refractivity contribution >= 4 is 29.1 Å². The highest BCUT2D eigenvalue weighted by atomic mass is 35.5. The highest BCUT2D eigenvalue weighted by Gasteiger charge is 2.39. The maximum atomic E-state index is 12.9. The van der Waals surface area contributed by atoms with E-state index in [0.29, 0.717) is 0 Å². The van der Waals surface area contributed by atoms with Crippen molar-refractivity contribution in [2.24, 2.45) is 0 Å². The molecule has 0 aromatic heterocycles. The summed E-state index contributed by atoms with van der Waals surface area (Å²) in [6.07, 6.45) is -4.64. The largest absolute Gasteiger partial charge is 0.417 e. The molecule has 8 heteroatoms. The van der Waals surface area contributed by atoms with E-state index in [0.717, 1.165) is 17.0 Å². The summed E-state index contributed by atoms with van der Waals surface area (Å²) in [5.41, 5.74) is -1.05. The van der Waals surface area contributed by atoms with Gasteiger partial charge in [0.25, 0.3) is 0 Å². The van der Waals surface area contributed by atoms with Gasteiger partial charge in [-0.3, -0.25) is 14.5 Å². The molecule has 2 rings (SSSR count). The van der Waals surface area contributed by atoms with Gasteiger partial charge in [0.15, 0.2) is 0 Å². The number of rotatable bonds is 1. The zero-order valence-electron chi connectivity index (χ0n) is 11.2. The van der Waals surface area contributed by atoms with Gasteiger partial charge < -0.3 is 5.32 Å². The van der Waals surface area contributed by atoms with E-state index in [2.05, 4.69) is 5.32 Å². The molecule has 1 aromatic rings. The molecule has 2 amide bonds. The molecule has 114 valence electrons. The Bertz CT molecular complexity index is 604. The fraction of sp³-hybridized carbons (Fsp3) is 0.385. The molecule has 1 aromatic carbocycles. The van der Waals surface area contributed by atoms with E-state index >= 15 is 0 Å². The Morgan fingerprint density at radius 2 is 1.86 bits per heavy atom. The van der Waals surface area contributed by atoms with Crippen molar-refractivity contribution in [3.05, 3.63) is 28.8 Å². The lowest BCUT2D eigenvalue weighted by atomic mass is 10.1. The van der Waals surface area contributed by atoms with Gasteiger partial charge in [0.1, 0.15) is 12.1 Å². The van der Waals surface area contributed by atoms with Gasteiger partial charge in [0, 0.05) is 5.69 Å². The zero-order valence-corrected chi connectivity index (χ0v) is 11.9. The molecular weight excluding hydrogens is 309 g/mol. The van der Waals surface area contributed by atoms with Gasteiger partial charge in [0.2, 0.25) is 11.8 Å². The van der Waals surface area contributed by atoms with Gasteiger partial charge in [-0.2, -0.15) is 13.2 Å². The molecule has 2 unspecified atom stereocenters. The number of carbonyl (C=O) groups excluding carboxylic acids is 2. The van der Waals surface area contributed by atoms with Crippen LogP contribution in [-0.2, 0) is 15.8 Å². The van der Waals surface area contributed by atoms with E-state index in [1.807, 2.05) is 0 Å². The SMILES string of the molecule is CC1NC(=O)C(C)N(c2ccc(Cl)c(C(F)(F)F)c2)C1=O. The number of nitrogens with one attached hydrogen (secondary N) is 1. The fourth-order valence-corrected chi connectivity index (χ4v) is 2.37. The number of carbonyl (C=O) groups is 2. The third-order valence-electron chi connectivity index (χ3n) is 3.27. The Hall–Kier alpha value is -1.76. The Labute approximate surface area is 123 Å².